The molecule has 0 saturated carbocycles. The van der Waals surface area contributed by atoms with Gasteiger partial charge in [0.05, 0.1) is 0 Å². The van der Waals surface area contributed by atoms with Crippen LogP contribution in [0.15, 0.2) is 0 Å². The highest BCUT2D eigenvalue weighted by atomic mass is 31.1. The molecule has 0 bridgehead atoms. The molecular weight excluding hydrogens is 203 g/mol. The molecule has 0 rings (SSSR count). The number of carbonyl (C=O) groups is 2. The fourth-order valence-corrected chi connectivity index (χ4v) is 1.25. The van der Waals surface area contributed by atoms with Crippen molar-refractivity contribution in [2.24, 2.45) is 5.73 Å². The van der Waals surface area contributed by atoms with Crippen molar-refractivity contribution in [2.45, 2.75) is 12.8 Å². The zero-order chi connectivity index (χ0) is 10.8. The molecule has 0 heterocycles. The van der Waals surface area contributed by atoms with Crippen LogP contribution in [0.2, 0.25) is 0 Å². The molecule has 0 fully saturated rings. The first-order valence-corrected chi connectivity index (χ1v) is 5.40. The van der Waals surface area contributed by atoms with E-state index in [0.717, 1.165) is 19.4 Å². The third-order valence-corrected chi connectivity index (χ3v) is 2.13. The van der Waals surface area contributed by atoms with Gasteiger partial charge in [0.1, 0.15) is 0 Å². The monoisotopic (exact) mass is 220 g/mol. The lowest BCUT2D eigenvalue weighted by Crippen LogP contribution is -2.33. The molecule has 7 heteroatoms. The lowest BCUT2D eigenvalue weighted by Gasteiger charge is -2.04. The molecule has 0 aliphatic carbocycles. The van der Waals surface area contributed by atoms with Gasteiger partial charge >= 0.3 is 6.03 Å². The Morgan fingerprint density at radius 1 is 1.29 bits per heavy atom. The number of amides is 3. The summed E-state index contributed by atoms with van der Waals surface area (Å²) in [7, 11) is 1.56. The molecule has 1 unspecified atom stereocenters. The summed E-state index contributed by atoms with van der Waals surface area (Å²) in [5.41, 5.74) is 4.61. The van der Waals surface area contributed by atoms with Crippen molar-refractivity contribution in [3.63, 3.8) is 0 Å². The van der Waals surface area contributed by atoms with E-state index in [4.69, 9.17) is 5.73 Å². The molecule has 0 radical (unpaired) electrons. The Morgan fingerprint density at radius 2 is 1.93 bits per heavy atom. The molecule has 0 aromatic rings. The Morgan fingerprint density at radius 3 is 2.50 bits per heavy atom. The van der Waals surface area contributed by atoms with Gasteiger partial charge < -0.3 is 16.4 Å². The van der Waals surface area contributed by atoms with E-state index in [-0.39, 0.29) is 20.4 Å². The minimum Gasteiger partial charge on any atom is -0.365 e. The van der Waals surface area contributed by atoms with E-state index < -0.39 is 0 Å². The van der Waals surface area contributed by atoms with Gasteiger partial charge in [0.15, 0.2) is 0 Å². The molecule has 6 nitrogen and oxygen atoms in total. The number of nitrogens with two attached hydrogens (primary N) is 1. The van der Waals surface area contributed by atoms with Gasteiger partial charge in [-0.05, 0) is 19.4 Å². The molecule has 0 aliphatic rings. The maximum absolute atomic E-state index is 10.7. The maximum atomic E-state index is 10.7. The van der Waals surface area contributed by atoms with Crippen LogP contribution in [0.3, 0.4) is 0 Å². The number of nitrogens with one attached hydrogen (secondary N) is 3. The first-order valence-electron chi connectivity index (χ1n) is 4.40. The fraction of sp³-hybridized carbons (Fsp3) is 0.714. The predicted molar refractivity (Wildman–Crippen MR) is 57.6 cm³/mol. The topological polar surface area (TPSA) is 96.2 Å². The zero-order valence-corrected chi connectivity index (χ0v) is 9.22. The summed E-state index contributed by atoms with van der Waals surface area (Å²) in [6.45, 7) is 1.39. The Labute approximate surface area is 85.2 Å². The first-order chi connectivity index (χ1) is 6.66. The summed E-state index contributed by atoms with van der Waals surface area (Å²) in [6.07, 6.45) is 1.79. The molecule has 0 aromatic heterocycles. The van der Waals surface area contributed by atoms with Crippen molar-refractivity contribution < 1.29 is 9.59 Å². The standard InChI is InChI=1S/C7H17N4O2P/c1-9-7(13)10-4-2-3-5-11-14-6(8)12/h11,14H,2-5H2,1H3,(H2,8,12)(H2,9,10,13). The third-order valence-electron chi connectivity index (χ3n) is 1.45. The molecule has 5 N–H and O–H groups in total. The molecule has 0 saturated heterocycles. The maximum Gasteiger partial charge on any atom is 0.314 e. The number of urea groups is 1. The van der Waals surface area contributed by atoms with Crippen molar-refractivity contribution in [1.29, 1.82) is 0 Å². The van der Waals surface area contributed by atoms with E-state index in [0.29, 0.717) is 6.54 Å². The Hall–Kier alpha value is -0.870. The van der Waals surface area contributed by atoms with E-state index in [2.05, 4.69) is 15.7 Å². The van der Waals surface area contributed by atoms with Gasteiger partial charge in [0, 0.05) is 22.3 Å². The normalized spacial score (nSPS) is 10.4. The Kier molecular flexibility index (Phi) is 8.17. The molecule has 0 aromatic carbocycles. The second-order valence-corrected chi connectivity index (χ2v) is 3.73. The van der Waals surface area contributed by atoms with Crippen LogP contribution < -0.4 is 21.5 Å². The van der Waals surface area contributed by atoms with Gasteiger partial charge in [-0.2, -0.15) is 0 Å². The van der Waals surface area contributed by atoms with Crippen LogP contribution in [0.4, 0.5) is 9.59 Å². The molecule has 1 atom stereocenters. The van der Waals surface area contributed by atoms with Crippen LogP contribution in [-0.2, 0) is 0 Å². The number of primary amides is 1. The van der Waals surface area contributed by atoms with E-state index in [9.17, 15) is 9.59 Å². The van der Waals surface area contributed by atoms with Gasteiger partial charge in [0.2, 0.25) is 5.65 Å². The van der Waals surface area contributed by atoms with Crippen molar-refractivity contribution in [3.8, 4) is 0 Å². The van der Waals surface area contributed by atoms with Crippen LogP contribution in [-0.4, -0.2) is 31.8 Å². The van der Waals surface area contributed by atoms with Crippen LogP contribution in [0.1, 0.15) is 12.8 Å². The number of hydrogen-bond donors (Lipinski definition) is 4. The highest BCUT2D eigenvalue weighted by Gasteiger charge is 1.95. The van der Waals surface area contributed by atoms with Crippen LogP contribution in [0.5, 0.6) is 0 Å². The van der Waals surface area contributed by atoms with Crippen LogP contribution in [0, 0.1) is 0 Å². The quantitative estimate of drug-likeness (QED) is 0.358. The van der Waals surface area contributed by atoms with E-state index in [1.165, 1.54) is 0 Å². The van der Waals surface area contributed by atoms with Gasteiger partial charge in [-0.3, -0.25) is 9.88 Å². The van der Waals surface area contributed by atoms with Crippen LogP contribution >= 0.6 is 8.73 Å². The third kappa shape index (κ3) is 9.22. The van der Waals surface area contributed by atoms with Gasteiger partial charge in [-0.25, -0.2) is 4.79 Å². The highest BCUT2D eigenvalue weighted by Crippen LogP contribution is 2.00. The fourth-order valence-electron chi connectivity index (χ4n) is 0.778. The summed E-state index contributed by atoms with van der Waals surface area (Å²) >= 11 is 0. The molecule has 82 valence electrons. The van der Waals surface area contributed by atoms with Crippen LogP contribution in [0.25, 0.3) is 0 Å². The number of carbonyl (C=O) groups excluding carboxylic acids is 2. The van der Waals surface area contributed by atoms with Gasteiger partial charge in [-0.1, -0.05) is 0 Å². The van der Waals surface area contributed by atoms with Crippen molar-refractivity contribution >= 4 is 20.4 Å². The minimum atomic E-state index is -0.325. The van der Waals surface area contributed by atoms with Crippen molar-refractivity contribution in [2.75, 3.05) is 20.1 Å². The summed E-state index contributed by atoms with van der Waals surface area (Å²) < 4.78 is 0. The minimum absolute atomic E-state index is 0.0149. The SMILES string of the molecule is CNC(=O)NCCCCNPC(N)=O. The smallest absolute Gasteiger partial charge is 0.314 e. The average molecular weight is 220 g/mol. The van der Waals surface area contributed by atoms with Crippen molar-refractivity contribution in [3.05, 3.63) is 0 Å². The average Bonchev–Trinajstić information content (AvgIpc) is 2.15. The highest BCUT2D eigenvalue weighted by molar-refractivity contribution is 7.55. The second-order valence-electron chi connectivity index (χ2n) is 2.63. The van der Waals surface area contributed by atoms with Gasteiger partial charge in [-0.15, -0.1) is 0 Å². The summed E-state index contributed by atoms with van der Waals surface area (Å²) in [6, 6.07) is -0.169. The van der Waals surface area contributed by atoms with E-state index in [1.807, 2.05) is 0 Å². The lowest BCUT2D eigenvalue weighted by atomic mass is 10.3. The first kappa shape index (κ1) is 13.1. The van der Waals surface area contributed by atoms with Crippen molar-refractivity contribution in [1.82, 2.24) is 15.7 Å². The summed E-state index contributed by atoms with van der Waals surface area (Å²) in [5, 5.41) is 8.03. The Balaban J connectivity index is 3.06. The predicted octanol–water partition coefficient (Wildman–Crippen LogP) is -0.0426. The largest absolute Gasteiger partial charge is 0.365 e. The molecular formula is C7H17N4O2P. The summed E-state index contributed by atoms with van der Waals surface area (Å²) in [4.78, 5) is 21.0. The Bertz CT molecular complexity index is 189. The molecule has 3 amide bonds. The van der Waals surface area contributed by atoms with E-state index >= 15 is 0 Å². The number of unbranched alkanes of at least 4 members (excludes halogenated alkanes) is 1. The zero-order valence-electron chi connectivity index (χ0n) is 8.22. The van der Waals surface area contributed by atoms with Gasteiger partial charge in [0.25, 0.3) is 0 Å². The molecule has 0 spiro atoms. The van der Waals surface area contributed by atoms with E-state index in [1.54, 1.807) is 7.05 Å². The molecule has 0 aliphatic heterocycles. The lowest BCUT2D eigenvalue weighted by molar-refractivity contribution is 0.242. The number of rotatable bonds is 7. The molecule has 14 heavy (non-hydrogen) atoms. The second kappa shape index (κ2) is 8.72. The summed E-state index contributed by atoms with van der Waals surface area (Å²) in [5.74, 6) is 0. The number of hydrogen-bond acceptors (Lipinski definition) is 3.